The summed E-state index contributed by atoms with van der Waals surface area (Å²) in [6.07, 6.45) is 4.29. The van der Waals surface area contributed by atoms with Crippen molar-refractivity contribution >= 4 is 5.91 Å². The van der Waals surface area contributed by atoms with Crippen LogP contribution in [0.15, 0.2) is 18.3 Å². The Labute approximate surface area is 95.3 Å². The van der Waals surface area contributed by atoms with Gasteiger partial charge in [0.25, 0.3) is 5.91 Å². The fourth-order valence-electron chi connectivity index (χ4n) is 2.33. The van der Waals surface area contributed by atoms with Crippen molar-refractivity contribution in [3.05, 3.63) is 24.0 Å². The molecule has 1 amide bonds. The summed E-state index contributed by atoms with van der Waals surface area (Å²) in [5, 5.41) is 9.69. The lowest BCUT2D eigenvalue weighted by Crippen LogP contribution is -2.49. The molecule has 0 aromatic carbocycles. The summed E-state index contributed by atoms with van der Waals surface area (Å²) in [7, 11) is 0. The standard InChI is InChI=1S/C12H18N2O2/c1-9(15)11-6-2-3-8-14(11)12(16)10-5-4-7-13-10/h4-5,7,9,11,13,15H,2-3,6,8H2,1H3/t9-,11+/m1/s1. The van der Waals surface area contributed by atoms with Gasteiger partial charge in [-0.15, -0.1) is 0 Å². The number of aliphatic hydroxyl groups is 1. The number of likely N-dealkylation sites (tertiary alicyclic amines) is 1. The highest BCUT2D eigenvalue weighted by Crippen LogP contribution is 2.21. The molecule has 16 heavy (non-hydrogen) atoms. The highest BCUT2D eigenvalue weighted by atomic mass is 16.3. The number of aromatic amines is 1. The normalized spacial score (nSPS) is 23.1. The van der Waals surface area contributed by atoms with Crippen LogP contribution in [0.2, 0.25) is 0 Å². The summed E-state index contributed by atoms with van der Waals surface area (Å²) in [5.41, 5.74) is 0.604. The number of hydrogen-bond donors (Lipinski definition) is 2. The summed E-state index contributed by atoms with van der Waals surface area (Å²) >= 11 is 0. The van der Waals surface area contributed by atoms with Gasteiger partial charge >= 0.3 is 0 Å². The number of amides is 1. The van der Waals surface area contributed by atoms with Crippen molar-refractivity contribution in [3.8, 4) is 0 Å². The van der Waals surface area contributed by atoms with Crippen molar-refractivity contribution in [1.82, 2.24) is 9.88 Å². The van der Waals surface area contributed by atoms with E-state index < -0.39 is 6.10 Å². The summed E-state index contributed by atoms with van der Waals surface area (Å²) < 4.78 is 0. The highest BCUT2D eigenvalue weighted by Gasteiger charge is 2.30. The molecule has 1 fully saturated rings. The lowest BCUT2D eigenvalue weighted by Gasteiger charge is -2.37. The number of aromatic nitrogens is 1. The van der Waals surface area contributed by atoms with Crippen LogP contribution in [0.3, 0.4) is 0 Å². The minimum atomic E-state index is -0.459. The molecule has 1 aliphatic rings. The molecule has 4 heteroatoms. The molecule has 1 aromatic heterocycles. The summed E-state index contributed by atoms with van der Waals surface area (Å²) in [6.45, 7) is 2.50. The van der Waals surface area contributed by atoms with Crippen LogP contribution in [-0.2, 0) is 0 Å². The molecule has 1 aromatic rings. The summed E-state index contributed by atoms with van der Waals surface area (Å²) in [5.74, 6) is -0.00407. The first-order chi connectivity index (χ1) is 7.70. The molecular weight excluding hydrogens is 204 g/mol. The molecular formula is C12H18N2O2. The molecule has 0 aliphatic carbocycles. The first kappa shape index (κ1) is 11.2. The van der Waals surface area contributed by atoms with Gasteiger partial charge in [0, 0.05) is 12.7 Å². The van der Waals surface area contributed by atoms with E-state index in [0.717, 1.165) is 25.8 Å². The third-order valence-corrected chi connectivity index (χ3v) is 3.20. The van der Waals surface area contributed by atoms with Crippen molar-refractivity contribution in [2.75, 3.05) is 6.54 Å². The molecule has 0 bridgehead atoms. The number of aliphatic hydroxyl groups excluding tert-OH is 1. The van der Waals surface area contributed by atoms with Crippen LogP contribution >= 0.6 is 0 Å². The Kier molecular flexibility index (Phi) is 3.29. The van der Waals surface area contributed by atoms with E-state index in [-0.39, 0.29) is 11.9 Å². The fourth-order valence-corrected chi connectivity index (χ4v) is 2.33. The van der Waals surface area contributed by atoms with E-state index in [4.69, 9.17) is 0 Å². The molecule has 2 atom stereocenters. The van der Waals surface area contributed by atoms with Crippen molar-refractivity contribution in [2.45, 2.75) is 38.3 Å². The van der Waals surface area contributed by atoms with E-state index in [9.17, 15) is 9.90 Å². The minimum Gasteiger partial charge on any atom is -0.391 e. The molecule has 1 aliphatic heterocycles. The molecule has 2 N–H and O–H groups in total. The van der Waals surface area contributed by atoms with Gasteiger partial charge in [0.15, 0.2) is 0 Å². The number of piperidine rings is 1. The Morgan fingerprint density at radius 2 is 2.44 bits per heavy atom. The lowest BCUT2D eigenvalue weighted by molar-refractivity contribution is 0.0277. The van der Waals surface area contributed by atoms with Crippen molar-refractivity contribution < 1.29 is 9.90 Å². The smallest absolute Gasteiger partial charge is 0.270 e. The average Bonchev–Trinajstić information content (AvgIpc) is 2.81. The maximum Gasteiger partial charge on any atom is 0.270 e. The third kappa shape index (κ3) is 2.11. The summed E-state index contributed by atoms with van der Waals surface area (Å²) in [6, 6.07) is 3.55. The van der Waals surface area contributed by atoms with Crippen LogP contribution < -0.4 is 0 Å². The van der Waals surface area contributed by atoms with Gasteiger partial charge in [-0.25, -0.2) is 0 Å². The molecule has 2 rings (SSSR count). The molecule has 1 saturated heterocycles. The predicted octanol–water partition coefficient (Wildman–Crippen LogP) is 1.39. The lowest BCUT2D eigenvalue weighted by atomic mass is 9.98. The van der Waals surface area contributed by atoms with Crippen LogP contribution in [-0.4, -0.2) is 39.6 Å². The van der Waals surface area contributed by atoms with Crippen molar-refractivity contribution in [3.63, 3.8) is 0 Å². The molecule has 0 spiro atoms. The number of nitrogens with one attached hydrogen (secondary N) is 1. The SMILES string of the molecule is C[C@@H](O)[C@@H]1CCCCN1C(=O)c1ccc[nH]1. The van der Waals surface area contributed by atoms with Crippen molar-refractivity contribution in [1.29, 1.82) is 0 Å². The second-order valence-electron chi connectivity index (χ2n) is 4.39. The van der Waals surface area contributed by atoms with Gasteiger partial charge in [0.1, 0.15) is 5.69 Å². The average molecular weight is 222 g/mol. The Morgan fingerprint density at radius 3 is 3.06 bits per heavy atom. The number of carbonyl (C=O) groups excluding carboxylic acids is 1. The molecule has 2 heterocycles. The van der Waals surface area contributed by atoms with E-state index in [0.29, 0.717) is 5.69 Å². The first-order valence-corrected chi connectivity index (χ1v) is 5.82. The van der Waals surface area contributed by atoms with Gasteiger partial charge in [-0.3, -0.25) is 4.79 Å². The predicted molar refractivity (Wildman–Crippen MR) is 61.1 cm³/mol. The number of rotatable bonds is 2. The Balaban J connectivity index is 2.14. The number of nitrogens with zero attached hydrogens (tertiary/aromatic N) is 1. The van der Waals surface area contributed by atoms with Gasteiger partial charge in [-0.2, -0.15) is 0 Å². The monoisotopic (exact) mass is 222 g/mol. The number of H-pyrrole nitrogens is 1. The van der Waals surface area contributed by atoms with Gasteiger partial charge in [-0.1, -0.05) is 0 Å². The zero-order valence-corrected chi connectivity index (χ0v) is 9.52. The Morgan fingerprint density at radius 1 is 1.62 bits per heavy atom. The fraction of sp³-hybridized carbons (Fsp3) is 0.583. The van der Waals surface area contributed by atoms with E-state index in [1.54, 1.807) is 24.1 Å². The Hall–Kier alpha value is -1.29. The maximum absolute atomic E-state index is 12.2. The third-order valence-electron chi connectivity index (χ3n) is 3.20. The van der Waals surface area contributed by atoms with E-state index in [1.165, 1.54) is 0 Å². The van der Waals surface area contributed by atoms with Crippen LogP contribution in [0.25, 0.3) is 0 Å². The topological polar surface area (TPSA) is 56.3 Å². The molecule has 88 valence electrons. The maximum atomic E-state index is 12.2. The van der Waals surface area contributed by atoms with E-state index in [1.807, 2.05) is 6.07 Å². The zero-order chi connectivity index (χ0) is 11.5. The molecule has 0 radical (unpaired) electrons. The van der Waals surface area contributed by atoms with Gasteiger partial charge < -0.3 is 15.0 Å². The second kappa shape index (κ2) is 4.70. The van der Waals surface area contributed by atoms with Gasteiger partial charge in [0.2, 0.25) is 0 Å². The molecule has 0 unspecified atom stereocenters. The first-order valence-electron chi connectivity index (χ1n) is 5.82. The summed E-state index contributed by atoms with van der Waals surface area (Å²) in [4.78, 5) is 16.9. The van der Waals surface area contributed by atoms with Crippen LogP contribution in [0.5, 0.6) is 0 Å². The van der Waals surface area contributed by atoms with Gasteiger partial charge in [-0.05, 0) is 38.3 Å². The second-order valence-corrected chi connectivity index (χ2v) is 4.39. The Bertz CT molecular complexity index is 346. The van der Waals surface area contributed by atoms with Crippen molar-refractivity contribution in [2.24, 2.45) is 0 Å². The molecule has 4 nitrogen and oxygen atoms in total. The molecule has 0 saturated carbocycles. The minimum absolute atomic E-state index is 0.00407. The quantitative estimate of drug-likeness (QED) is 0.794. The zero-order valence-electron chi connectivity index (χ0n) is 9.52. The number of carbonyl (C=O) groups is 1. The number of hydrogen-bond acceptors (Lipinski definition) is 2. The largest absolute Gasteiger partial charge is 0.391 e. The van der Waals surface area contributed by atoms with E-state index in [2.05, 4.69) is 4.98 Å². The van der Waals surface area contributed by atoms with E-state index >= 15 is 0 Å². The van der Waals surface area contributed by atoms with Gasteiger partial charge in [0.05, 0.1) is 12.1 Å². The van der Waals surface area contributed by atoms with Crippen LogP contribution in [0.1, 0.15) is 36.7 Å². The van der Waals surface area contributed by atoms with Crippen LogP contribution in [0.4, 0.5) is 0 Å². The highest BCUT2D eigenvalue weighted by molar-refractivity contribution is 5.92. The van der Waals surface area contributed by atoms with Crippen LogP contribution in [0, 0.1) is 0 Å².